The molecule has 4 N–H and O–H groups in total. The van der Waals surface area contributed by atoms with Crippen molar-refractivity contribution < 1.29 is 30.7 Å². The van der Waals surface area contributed by atoms with Gasteiger partial charge in [0, 0.05) is 22.8 Å². The molecular weight excluding hydrogens is 587 g/mol. The first-order chi connectivity index (χ1) is 18.2. The topological polar surface area (TPSA) is 156 Å². The summed E-state index contributed by atoms with van der Waals surface area (Å²) in [5.41, 5.74) is 7.28. The molecule has 0 unspecified atom stereocenters. The van der Waals surface area contributed by atoms with Crippen molar-refractivity contribution in [2.75, 3.05) is 5.73 Å². The number of nitrogens with zero attached hydrogens (tertiary/aromatic N) is 1. The van der Waals surface area contributed by atoms with E-state index in [-0.39, 0.29) is 55.2 Å². The smallest absolute Gasteiger partial charge is 0.298 e. The van der Waals surface area contributed by atoms with Crippen LogP contribution in [0.15, 0.2) is 39.0 Å². The van der Waals surface area contributed by atoms with Gasteiger partial charge in [0.15, 0.2) is 11.5 Å². The molecule has 0 saturated heterocycles. The van der Waals surface area contributed by atoms with Gasteiger partial charge < -0.3 is 10.5 Å². The van der Waals surface area contributed by atoms with Crippen LogP contribution in [0.25, 0.3) is 6.08 Å². The fraction of sp³-hybridized carbons (Fsp3) is 0.269. The van der Waals surface area contributed by atoms with Crippen molar-refractivity contribution in [3.05, 3.63) is 67.1 Å². The van der Waals surface area contributed by atoms with E-state index in [0.717, 1.165) is 6.42 Å². The first-order valence-electron chi connectivity index (χ1n) is 12.0. The molecule has 0 saturated carbocycles. The molecule has 3 aromatic rings. The number of unbranched alkanes of at least 4 members (excludes halogenated alkanes) is 1. The first kappa shape index (κ1) is 29.3. The van der Waals surface area contributed by atoms with E-state index in [9.17, 15) is 25.9 Å². The predicted molar refractivity (Wildman–Crippen MR) is 150 cm³/mol. The maximum atomic E-state index is 12.4. The van der Waals surface area contributed by atoms with Gasteiger partial charge in [0.2, 0.25) is 0 Å². The number of aryl methyl sites for hydroxylation is 2. The highest BCUT2D eigenvalue weighted by molar-refractivity contribution is 7.86. The summed E-state index contributed by atoms with van der Waals surface area (Å²) in [4.78, 5) is 3.71. The Balaban J connectivity index is 2.09. The van der Waals surface area contributed by atoms with Crippen LogP contribution in [0.2, 0.25) is 10.0 Å². The van der Waals surface area contributed by atoms with E-state index in [4.69, 9.17) is 33.7 Å². The normalized spacial score (nSPS) is 13.6. The van der Waals surface area contributed by atoms with Crippen LogP contribution in [0, 0.1) is 6.92 Å². The lowest BCUT2D eigenvalue weighted by atomic mass is 9.97. The molecule has 1 heterocycles. The molecule has 0 amide bonds. The fourth-order valence-corrected chi connectivity index (χ4v) is 7.03. The Bertz CT molecular complexity index is 1860. The summed E-state index contributed by atoms with van der Waals surface area (Å²) in [6.45, 7) is 5.33. The van der Waals surface area contributed by atoms with Crippen molar-refractivity contribution in [2.45, 2.75) is 56.2 Å². The number of rotatable bonds is 7. The third kappa shape index (κ3) is 5.39. The molecule has 0 spiro atoms. The SMILES string of the molecule is CCC/C=c1\c(Cl)c2c(c(Cl)c1Oc1c(C)ccc(CC)c1S(=O)(=O)O)=Nc1ccc(N)c(S(=O)(=O)O)c1C2. The minimum atomic E-state index is -4.68. The summed E-state index contributed by atoms with van der Waals surface area (Å²) in [5, 5.41) is 0.714. The Morgan fingerprint density at radius 2 is 1.64 bits per heavy atom. The molecule has 4 rings (SSSR count). The van der Waals surface area contributed by atoms with Crippen LogP contribution >= 0.6 is 23.2 Å². The summed E-state index contributed by atoms with van der Waals surface area (Å²) >= 11 is 13.7. The Hall–Kier alpha value is -2.67. The van der Waals surface area contributed by atoms with Crippen molar-refractivity contribution in [3.8, 4) is 11.5 Å². The van der Waals surface area contributed by atoms with E-state index in [2.05, 4.69) is 4.99 Å². The van der Waals surface area contributed by atoms with E-state index in [1.54, 1.807) is 32.1 Å². The van der Waals surface area contributed by atoms with Gasteiger partial charge in [-0.3, -0.25) is 9.11 Å². The van der Waals surface area contributed by atoms with Gasteiger partial charge >= 0.3 is 0 Å². The second-order valence-electron chi connectivity index (χ2n) is 9.07. The molecular formula is C26H26Cl2N2O7S2. The molecule has 1 aliphatic rings. The first-order valence-corrected chi connectivity index (χ1v) is 15.6. The molecule has 0 radical (unpaired) electrons. The molecule has 0 fully saturated rings. The average Bonchev–Trinajstić information content (AvgIpc) is 2.85. The number of fused-ring (bicyclic) bond motifs is 2. The molecule has 0 aliphatic carbocycles. The molecule has 3 aromatic carbocycles. The zero-order valence-electron chi connectivity index (χ0n) is 21.2. The second kappa shape index (κ2) is 10.7. The number of hydrogen-bond donors (Lipinski definition) is 3. The monoisotopic (exact) mass is 612 g/mol. The molecule has 208 valence electrons. The minimum absolute atomic E-state index is 0.00947. The molecule has 0 atom stereocenters. The Labute approximate surface area is 236 Å². The Kier molecular flexibility index (Phi) is 8.06. The number of nitrogens with two attached hydrogens (primary N) is 1. The third-order valence-electron chi connectivity index (χ3n) is 6.42. The van der Waals surface area contributed by atoms with Crippen LogP contribution < -0.4 is 21.0 Å². The highest BCUT2D eigenvalue weighted by atomic mass is 35.5. The van der Waals surface area contributed by atoms with Crippen LogP contribution in [0.5, 0.6) is 11.5 Å². The van der Waals surface area contributed by atoms with Gasteiger partial charge in [-0.15, -0.1) is 0 Å². The van der Waals surface area contributed by atoms with E-state index in [1.165, 1.54) is 12.1 Å². The van der Waals surface area contributed by atoms with Crippen LogP contribution in [0.1, 0.15) is 48.9 Å². The van der Waals surface area contributed by atoms with Crippen LogP contribution in [-0.4, -0.2) is 25.9 Å². The number of nitrogen functional groups attached to an aromatic ring is 1. The van der Waals surface area contributed by atoms with Gasteiger partial charge in [-0.25, -0.2) is 4.99 Å². The van der Waals surface area contributed by atoms with Crippen molar-refractivity contribution >= 4 is 60.9 Å². The standard InChI is InChI=1S/C26H26Cl2N2O7S2/c1-4-6-7-15-20(27)17-12-16-19(11-10-18(29)26(16)39(34,35)36)30-22(17)21(28)24(15)37-23-13(3)8-9-14(5-2)25(23)38(31,32)33/h7-11H,4-6,12,29H2,1-3H3,(H,31,32,33)(H,34,35,36)/b15-7+. The number of benzene rings is 3. The van der Waals surface area contributed by atoms with Crippen molar-refractivity contribution in [1.82, 2.24) is 0 Å². The van der Waals surface area contributed by atoms with E-state index in [1.807, 2.05) is 6.92 Å². The fourth-order valence-electron chi connectivity index (χ4n) is 4.58. The minimum Gasteiger partial charge on any atom is -0.453 e. The van der Waals surface area contributed by atoms with Gasteiger partial charge in [0.05, 0.1) is 21.8 Å². The van der Waals surface area contributed by atoms with E-state index >= 15 is 0 Å². The molecule has 1 aliphatic heterocycles. The van der Waals surface area contributed by atoms with Crippen molar-refractivity contribution in [3.63, 3.8) is 0 Å². The molecule has 0 aromatic heterocycles. The van der Waals surface area contributed by atoms with Gasteiger partial charge in [0.1, 0.15) is 14.8 Å². The van der Waals surface area contributed by atoms with Gasteiger partial charge in [-0.2, -0.15) is 16.8 Å². The largest absolute Gasteiger partial charge is 0.453 e. The van der Waals surface area contributed by atoms with Crippen molar-refractivity contribution in [1.29, 1.82) is 0 Å². The molecule has 39 heavy (non-hydrogen) atoms. The zero-order chi connectivity index (χ0) is 28.9. The summed E-state index contributed by atoms with van der Waals surface area (Å²) in [6.07, 6.45) is 3.32. The summed E-state index contributed by atoms with van der Waals surface area (Å²) in [6, 6.07) is 6.08. The molecule has 9 nitrogen and oxygen atoms in total. The molecule has 0 bridgehead atoms. The predicted octanol–water partition coefficient (Wildman–Crippen LogP) is 5.17. The van der Waals surface area contributed by atoms with Gasteiger partial charge in [0.25, 0.3) is 20.2 Å². The van der Waals surface area contributed by atoms with Gasteiger partial charge in [-0.1, -0.05) is 61.7 Å². The van der Waals surface area contributed by atoms with E-state index in [0.29, 0.717) is 34.8 Å². The number of hydrogen-bond acceptors (Lipinski definition) is 7. The quantitative estimate of drug-likeness (QED) is 0.190. The van der Waals surface area contributed by atoms with Crippen LogP contribution in [0.4, 0.5) is 11.4 Å². The number of anilines is 1. The van der Waals surface area contributed by atoms with Gasteiger partial charge in [-0.05, 0) is 43.0 Å². The van der Waals surface area contributed by atoms with Crippen LogP contribution in [-0.2, 0) is 33.1 Å². The van der Waals surface area contributed by atoms with E-state index < -0.39 is 25.1 Å². The van der Waals surface area contributed by atoms with Crippen molar-refractivity contribution in [2.24, 2.45) is 4.99 Å². The lowest BCUT2D eigenvalue weighted by molar-refractivity contribution is 0.442. The second-order valence-corrected chi connectivity index (χ2v) is 12.5. The highest BCUT2D eigenvalue weighted by Crippen LogP contribution is 2.40. The summed E-state index contributed by atoms with van der Waals surface area (Å²) < 4.78 is 75.2. The highest BCUT2D eigenvalue weighted by Gasteiger charge is 2.30. The molecule has 13 heteroatoms. The average molecular weight is 614 g/mol. The Morgan fingerprint density at radius 1 is 0.974 bits per heavy atom. The Morgan fingerprint density at radius 3 is 2.23 bits per heavy atom. The zero-order valence-corrected chi connectivity index (χ0v) is 24.4. The lowest BCUT2D eigenvalue weighted by Gasteiger charge is -2.21. The summed E-state index contributed by atoms with van der Waals surface area (Å²) in [5.74, 6) is -0.0636. The van der Waals surface area contributed by atoms with Crippen LogP contribution in [0.3, 0.4) is 0 Å². The third-order valence-corrected chi connectivity index (χ3v) is 9.16. The number of halogens is 2. The summed E-state index contributed by atoms with van der Waals surface area (Å²) in [7, 11) is -9.36. The number of ether oxygens (including phenoxy) is 1. The lowest BCUT2D eigenvalue weighted by Crippen LogP contribution is -2.25. The maximum absolute atomic E-state index is 12.4. The maximum Gasteiger partial charge on any atom is 0.298 e.